The third-order valence-electron chi connectivity index (χ3n) is 3.19. The summed E-state index contributed by atoms with van der Waals surface area (Å²) in [6.45, 7) is 4.66. The predicted octanol–water partition coefficient (Wildman–Crippen LogP) is 2.04. The van der Waals surface area contributed by atoms with E-state index in [-0.39, 0.29) is 17.2 Å². The van der Waals surface area contributed by atoms with Crippen LogP contribution < -0.4 is 5.32 Å². The van der Waals surface area contributed by atoms with E-state index in [0.717, 1.165) is 23.4 Å². The van der Waals surface area contributed by atoms with Crippen molar-refractivity contribution in [3.8, 4) is 11.3 Å². The number of hydrogen-bond donors (Lipinski definition) is 1. The lowest BCUT2D eigenvalue weighted by atomic mass is 10.1. The first-order valence-corrected chi connectivity index (χ1v) is 6.43. The van der Waals surface area contributed by atoms with Crippen LogP contribution in [0.3, 0.4) is 0 Å². The Bertz CT molecular complexity index is 665. The summed E-state index contributed by atoms with van der Waals surface area (Å²) in [4.78, 5) is 20.1. The summed E-state index contributed by atoms with van der Waals surface area (Å²) in [5.41, 5.74) is 3.24. The highest BCUT2D eigenvalue weighted by molar-refractivity contribution is 6.28. The van der Waals surface area contributed by atoms with Crippen molar-refractivity contribution in [1.29, 1.82) is 0 Å². The number of nitrogens with one attached hydrogen (secondary N) is 1. The maximum atomic E-state index is 11.9. The minimum absolute atomic E-state index is 0.0530. The molecule has 6 heteroatoms. The van der Waals surface area contributed by atoms with Gasteiger partial charge in [0.05, 0.1) is 5.69 Å². The first-order valence-electron chi connectivity index (χ1n) is 6.05. The summed E-state index contributed by atoms with van der Waals surface area (Å²) < 4.78 is 1.95. The Kier molecular flexibility index (Phi) is 2.78. The number of hydrogen-bond acceptors (Lipinski definition) is 3. The summed E-state index contributed by atoms with van der Waals surface area (Å²) in [5.74, 6) is -0.0530. The van der Waals surface area contributed by atoms with Crippen LogP contribution in [0, 0.1) is 6.92 Å². The Labute approximate surface area is 115 Å². The molecule has 0 saturated heterocycles. The Morgan fingerprint density at radius 3 is 3.11 bits per heavy atom. The van der Waals surface area contributed by atoms with E-state index in [9.17, 15) is 4.79 Å². The van der Waals surface area contributed by atoms with Crippen molar-refractivity contribution in [2.24, 2.45) is 0 Å². The van der Waals surface area contributed by atoms with Gasteiger partial charge in [0.1, 0.15) is 5.69 Å². The summed E-state index contributed by atoms with van der Waals surface area (Å²) >= 11 is 5.84. The maximum Gasteiger partial charge on any atom is 0.268 e. The summed E-state index contributed by atoms with van der Waals surface area (Å²) in [6, 6.07) is 1.97. The quantitative estimate of drug-likeness (QED) is 0.811. The van der Waals surface area contributed by atoms with Crippen LogP contribution in [-0.2, 0) is 6.54 Å². The Balaban J connectivity index is 2.10. The third kappa shape index (κ3) is 2.10. The first-order chi connectivity index (χ1) is 9.04. The van der Waals surface area contributed by atoms with Crippen LogP contribution in [0.15, 0.2) is 18.5 Å². The Morgan fingerprint density at radius 2 is 2.32 bits per heavy atom. The highest BCUT2D eigenvalue weighted by Gasteiger charge is 2.23. The van der Waals surface area contributed by atoms with E-state index in [1.54, 1.807) is 6.20 Å². The van der Waals surface area contributed by atoms with Gasteiger partial charge in [-0.1, -0.05) is 0 Å². The van der Waals surface area contributed by atoms with Gasteiger partial charge in [-0.3, -0.25) is 4.79 Å². The van der Waals surface area contributed by atoms with Crippen LogP contribution in [0.25, 0.3) is 11.3 Å². The monoisotopic (exact) mass is 276 g/mol. The van der Waals surface area contributed by atoms with Gasteiger partial charge >= 0.3 is 0 Å². The van der Waals surface area contributed by atoms with Gasteiger partial charge in [-0.15, -0.1) is 0 Å². The molecule has 0 saturated carbocycles. The molecule has 0 fully saturated rings. The van der Waals surface area contributed by atoms with Crippen molar-refractivity contribution in [3.05, 3.63) is 35.0 Å². The SMILES string of the molecule is Cc1cnc(Cl)nc1-c1cc2n(c1)C[C@@H](C)NC2=O. The summed E-state index contributed by atoms with van der Waals surface area (Å²) in [5, 5.41) is 3.12. The molecule has 0 unspecified atom stereocenters. The molecule has 1 atom stereocenters. The van der Waals surface area contributed by atoms with Gasteiger partial charge < -0.3 is 9.88 Å². The molecule has 1 aliphatic heterocycles. The third-order valence-corrected chi connectivity index (χ3v) is 3.38. The Morgan fingerprint density at radius 1 is 1.53 bits per heavy atom. The average molecular weight is 277 g/mol. The molecule has 5 nitrogen and oxygen atoms in total. The lowest BCUT2D eigenvalue weighted by molar-refractivity contribution is 0.0906. The molecule has 0 bridgehead atoms. The molecule has 1 N–H and O–H groups in total. The van der Waals surface area contributed by atoms with Gasteiger partial charge in [-0.2, -0.15) is 0 Å². The molecule has 1 aliphatic rings. The topological polar surface area (TPSA) is 59.8 Å². The largest absolute Gasteiger partial charge is 0.347 e. The second-order valence-corrected chi connectivity index (χ2v) is 5.15. The van der Waals surface area contributed by atoms with Crippen LogP contribution in [0.2, 0.25) is 5.28 Å². The fourth-order valence-electron chi connectivity index (χ4n) is 2.33. The van der Waals surface area contributed by atoms with Crippen molar-refractivity contribution in [2.75, 3.05) is 0 Å². The molecule has 1 amide bonds. The lowest BCUT2D eigenvalue weighted by Crippen LogP contribution is -2.41. The van der Waals surface area contributed by atoms with Gasteiger partial charge in [0.2, 0.25) is 5.28 Å². The van der Waals surface area contributed by atoms with E-state index >= 15 is 0 Å². The number of carbonyl (C=O) groups is 1. The molecule has 98 valence electrons. The highest BCUT2D eigenvalue weighted by Crippen LogP contribution is 2.25. The van der Waals surface area contributed by atoms with Crippen LogP contribution in [0.5, 0.6) is 0 Å². The van der Waals surface area contributed by atoms with E-state index in [4.69, 9.17) is 11.6 Å². The predicted molar refractivity (Wildman–Crippen MR) is 72.1 cm³/mol. The highest BCUT2D eigenvalue weighted by atomic mass is 35.5. The molecular weight excluding hydrogens is 264 g/mol. The maximum absolute atomic E-state index is 11.9. The summed E-state index contributed by atoms with van der Waals surface area (Å²) in [7, 11) is 0. The molecule has 0 spiro atoms. The molecule has 2 aromatic heterocycles. The van der Waals surface area contributed by atoms with Crippen molar-refractivity contribution in [3.63, 3.8) is 0 Å². The number of aryl methyl sites for hydroxylation is 1. The van der Waals surface area contributed by atoms with E-state index in [2.05, 4.69) is 15.3 Å². The number of amides is 1. The van der Waals surface area contributed by atoms with Gasteiger partial charge in [0, 0.05) is 30.5 Å². The standard InChI is InChI=1S/C13H13ClN4O/c1-7-4-15-13(14)17-11(7)9-3-10-12(19)16-8(2)5-18(10)6-9/h3-4,6,8H,5H2,1-2H3,(H,16,19)/t8-/m1/s1. The average Bonchev–Trinajstić information content (AvgIpc) is 2.76. The van der Waals surface area contributed by atoms with E-state index in [1.807, 2.05) is 30.7 Å². The van der Waals surface area contributed by atoms with Gasteiger partial charge in [0.25, 0.3) is 5.91 Å². The zero-order valence-electron chi connectivity index (χ0n) is 10.6. The van der Waals surface area contributed by atoms with Gasteiger partial charge in [-0.05, 0) is 37.1 Å². The second kappa shape index (κ2) is 4.35. The zero-order valence-corrected chi connectivity index (χ0v) is 11.4. The minimum atomic E-state index is -0.0530. The van der Waals surface area contributed by atoms with Gasteiger partial charge in [-0.25, -0.2) is 9.97 Å². The zero-order chi connectivity index (χ0) is 13.6. The molecule has 0 radical (unpaired) electrons. The number of rotatable bonds is 1. The van der Waals surface area contributed by atoms with E-state index < -0.39 is 0 Å². The van der Waals surface area contributed by atoms with E-state index in [1.165, 1.54) is 0 Å². The molecule has 3 heterocycles. The number of fused-ring (bicyclic) bond motifs is 1. The first kappa shape index (κ1) is 12.2. The fraction of sp³-hybridized carbons (Fsp3) is 0.308. The van der Waals surface area contributed by atoms with Crippen LogP contribution in [-0.4, -0.2) is 26.5 Å². The molecule has 19 heavy (non-hydrogen) atoms. The molecule has 0 aromatic carbocycles. The molecular formula is C13H13ClN4O. The minimum Gasteiger partial charge on any atom is -0.347 e. The van der Waals surface area contributed by atoms with Crippen molar-refractivity contribution < 1.29 is 4.79 Å². The number of nitrogens with zero attached hydrogens (tertiary/aromatic N) is 3. The van der Waals surface area contributed by atoms with Crippen LogP contribution in [0.4, 0.5) is 0 Å². The van der Waals surface area contributed by atoms with Crippen molar-refractivity contribution >= 4 is 17.5 Å². The molecule has 0 aliphatic carbocycles. The van der Waals surface area contributed by atoms with Crippen LogP contribution >= 0.6 is 11.6 Å². The molecule has 3 rings (SSSR count). The van der Waals surface area contributed by atoms with Gasteiger partial charge in [0.15, 0.2) is 0 Å². The normalized spacial score (nSPS) is 18.1. The Hall–Kier alpha value is -1.88. The van der Waals surface area contributed by atoms with Crippen LogP contribution in [0.1, 0.15) is 23.0 Å². The second-order valence-electron chi connectivity index (χ2n) is 4.81. The smallest absolute Gasteiger partial charge is 0.268 e. The number of halogens is 1. The number of aromatic nitrogens is 3. The molecule has 2 aromatic rings. The summed E-state index contributed by atoms with van der Waals surface area (Å²) in [6.07, 6.45) is 3.63. The number of carbonyl (C=O) groups excluding carboxylic acids is 1. The van der Waals surface area contributed by atoms with E-state index in [0.29, 0.717) is 5.69 Å². The van der Waals surface area contributed by atoms with Crippen molar-refractivity contribution in [2.45, 2.75) is 26.4 Å². The van der Waals surface area contributed by atoms with Crippen molar-refractivity contribution in [1.82, 2.24) is 19.9 Å². The lowest BCUT2D eigenvalue weighted by Gasteiger charge is -2.22. The fourth-order valence-corrected chi connectivity index (χ4v) is 2.47.